The number of aromatic nitrogens is 2. The summed E-state index contributed by atoms with van der Waals surface area (Å²) in [5.41, 5.74) is 8.60. The molecule has 1 aromatic carbocycles. The van der Waals surface area contributed by atoms with Gasteiger partial charge < -0.3 is 5.73 Å². The second kappa shape index (κ2) is 6.37. The molecule has 1 aromatic heterocycles. The van der Waals surface area contributed by atoms with Crippen LogP contribution in [-0.4, -0.2) is 9.78 Å². The maximum Gasteiger partial charge on any atom is 0.129 e. The summed E-state index contributed by atoms with van der Waals surface area (Å²) in [5.74, 6) is -0.290. The van der Waals surface area contributed by atoms with Crippen molar-refractivity contribution < 1.29 is 4.39 Å². The first kappa shape index (κ1) is 15.7. The van der Waals surface area contributed by atoms with E-state index < -0.39 is 6.04 Å². The molecule has 1 unspecified atom stereocenters. The number of hydrogen-bond donors (Lipinski definition) is 1. The molecular formula is C14H16Br2FN3. The topological polar surface area (TPSA) is 43.8 Å². The zero-order chi connectivity index (χ0) is 14.9. The fraction of sp³-hybridized carbons (Fsp3) is 0.357. The first-order chi connectivity index (χ1) is 9.43. The molecule has 20 heavy (non-hydrogen) atoms. The zero-order valence-corrected chi connectivity index (χ0v) is 14.5. The number of aryl methyl sites for hydroxylation is 2. The Morgan fingerprint density at radius 2 is 2.10 bits per heavy atom. The van der Waals surface area contributed by atoms with Crippen LogP contribution in [0.5, 0.6) is 0 Å². The van der Waals surface area contributed by atoms with Crippen LogP contribution in [0.25, 0.3) is 0 Å². The van der Waals surface area contributed by atoms with Gasteiger partial charge in [-0.05, 0) is 41.9 Å². The largest absolute Gasteiger partial charge is 0.324 e. The standard InChI is InChI=1S/C14H16Br2FN3/c1-3-20-13(14(16)8(2)19-20)7-12(18)10-5-4-9(15)6-11(10)17/h4-6,12H,3,7,18H2,1-2H3. The van der Waals surface area contributed by atoms with Crippen LogP contribution in [0.1, 0.15) is 29.9 Å². The van der Waals surface area contributed by atoms with E-state index in [1.54, 1.807) is 12.1 Å². The van der Waals surface area contributed by atoms with Gasteiger partial charge in [0.2, 0.25) is 0 Å². The molecule has 0 radical (unpaired) electrons. The van der Waals surface area contributed by atoms with Gasteiger partial charge in [0.25, 0.3) is 0 Å². The van der Waals surface area contributed by atoms with Crippen LogP contribution in [0, 0.1) is 12.7 Å². The summed E-state index contributed by atoms with van der Waals surface area (Å²) in [6.07, 6.45) is 0.536. The molecule has 0 saturated heterocycles. The van der Waals surface area contributed by atoms with Crippen molar-refractivity contribution in [2.75, 3.05) is 0 Å². The summed E-state index contributed by atoms with van der Waals surface area (Å²) in [7, 11) is 0. The van der Waals surface area contributed by atoms with E-state index in [-0.39, 0.29) is 5.82 Å². The molecule has 0 aliphatic carbocycles. The van der Waals surface area contributed by atoms with Gasteiger partial charge in [0.1, 0.15) is 5.82 Å². The third-order valence-electron chi connectivity index (χ3n) is 3.23. The Morgan fingerprint density at radius 3 is 2.70 bits per heavy atom. The Balaban J connectivity index is 2.30. The smallest absolute Gasteiger partial charge is 0.129 e. The quantitative estimate of drug-likeness (QED) is 0.832. The van der Waals surface area contributed by atoms with Crippen molar-refractivity contribution in [3.63, 3.8) is 0 Å². The highest BCUT2D eigenvalue weighted by atomic mass is 79.9. The summed E-state index contributed by atoms with van der Waals surface area (Å²) >= 11 is 6.78. The van der Waals surface area contributed by atoms with Gasteiger partial charge in [0, 0.05) is 29.0 Å². The molecule has 3 nitrogen and oxygen atoms in total. The molecule has 0 aliphatic heterocycles. The molecule has 2 aromatic rings. The lowest BCUT2D eigenvalue weighted by molar-refractivity contribution is 0.554. The predicted octanol–water partition coefficient (Wildman–Crippen LogP) is 4.12. The summed E-state index contributed by atoms with van der Waals surface area (Å²) < 4.78 is 17.5. The van der Waals surface area contributed by atoms with Crippen molar-refractivity contribution in [3.8, 4) is 0 Å². The summed E-state index contributed by atoms with van der Waals surface area (Å²) in [5, 5.41) is 4.42. The molecule has 0 saturated carbocycles. The van der Waals surface area contributed by atoms with Gasteiger partial charge in [-0.1, -0.05) is 22.0 Å². The molecule has 0 aliphatic rings. The molecule has 0 spiro atoms. The van der Waals surface area contributed by atoms with Crippen LogP contribution >= 0.6 is 31.9 Å². The lowest BCUT2D eigenvalue weighted by Gasteiger charge is -2.14. The van der Waals surface area contributed by atoms with E-state index in [4.69, 9.17) is 5.73 Å². The minimum absolute atomic E-state index is 0.290. The van der Waals surface area contributed by atoms with Gasteiger partial charge in [-0.25, -0.2) is 4.39 Å². The SMILES string of the molecule is CCn1nc(C)c(Br)c1CC(N)c1ccc(Br)cc1F. The molecule has 0 bridgehead atoms. The van der Waals surface area contributed by atoms with Crippen LogP contribution in [-0.2, 0) is 13.0 Å². The van der Waals surface area contributed by atoms with Gasteiger partial charge in [-0.3, -0.25) is 4.68 Å². The van der Waals surface area contributed by atoms with Crippen LogP contribution in [0.3, 0.4) is 0 Å². The van der Waals surface area contributed by atoms with Gasteiger partial charge in [-0.15, -0.1) is 0 Å². The number of halogens is 3. The zero-order valence-electron chi connectivity index (χ0n) is 11.3. The van der Waals surface area contributed by atoms with E-state index >= 15 is 0 Å². The van der Waals surface area contributed by atoms with E-state index in [2.05, 4.69) is 37.0 Å². The third kappa shape index (κ3) is 3.13. The van der Waals surface area contributed by atoms with E-state index in [1.165, 1.54) is 6.07 Å². The molecule has 108 valence electrons. The highest BCUT2D eigenvalue weighted by Gasteiger charge is 2.18. The number of rotatable bonds is 4. The molecule has 2 N–H and O–H groups in total. The molecule has 0 amide bonds. The van der Waals surface area contributed by atoms with E-state index in [1.807, 2.05) is 18.5 Å². The lowest BCUT2D eigenvalue weighted by Crippen LogP contribution is -2.17. The predicted molar refractivity (Wildman–Crippen MR) is 85.1 cm³/mol. The number of benzene rings is 1. The summed E-state index contributed by atoms with van der Waals surface area (Å²) in [6.45, 7) is 4.72. The Kier molecular flexibility index (Phi) is 4.99. The van der Waals surface area contributed by atoms with Gasteiger partial charge in [0.05, 0.1) is 15.9 Å². The average molecular weight is 405 g/mol. The molecule has 2 rings (SSSR count). The van der Waals surface area contributed by atoms with E-state index in [0.717, 1.165) is 22.4 Å². The number of nitrogens with two attached hydrogens (primary N) is 1. The monoisotopic (exact) mass is 403 g/mol. The highest BCUT2D eigenvalue weighted by Crippen LogP contribution is 2.27. The Hall–Kier alpha value is -0.720. The average Bonchev–Trinajstić information content (AvgIpc) is 2.66. The second-order valence-electron chi connectivity index (χ2n) is 4.64. The Morgan fingerprint density at radius 1 is 1.40 bits per heavy atom. The molecule has 1 atom stereocenters. The van der Waals surface area contributed by atoms with Crippen molar-refractivity contribution in [3.05, 3.63) is 49.9 Å². The normalized spacial score (nSPS) is 12.7. The van der Waals surface area contributed by atoms with Gasteiger partial charge >= 0.3 is 0 Å². The molecule has 6 heteroatoms. The van der Waals surface area contributed by atoms with Crippen molar-refractivity contribution >= 4 is 31.9 Å². The highest BCUT2D eigenvalue weighted by molar-refractivity contribution is 9.10. The minimum atomic E-state index is -0.402. The van der Waals surface area contributed by atoms with Crippen molar-refractivity contribution in [2.45, 2.75) is 32.9 Å². The summed E-state index contributed by atoms with van der Waals surface area (Å²) in [6, 6.07) is 4.56. The fourth-order valence-electron chi connectivity index (χ4n) is 2.18. The van der Waals surface area contributed by atoms with Crippen molar-refractivity contribution in [2.24, 2.45) is 5.73 Å². The molecule has 0 fully saturated rings. The van der Waals surface area contributed by atoms with E-state index in [0.29, 0.717) is 16.5 Å². The maximum absolute atomic E-state index is 13.9. The second-order valence-corrected chi connectivity index (χ2v) is 6.35. The van der Waals surface area contributed by atoms with Gasteiger partial charge in [0.15, 0.2) is 0 Å². The molecular weight excluding hydrogens is 389 g/mol. The summed E-state index contributed by atoms with van der Waals surface area (Å²) in [4.78, 5) is 0. The minimum Gasteiger partial charge on any atom is -0.324 e. The fourth-order valence-corrected chi connectivity index (χ4v) is 2.96. The van der Waals surface area contributed by atoms with Crippen LogP contribution in [0.4, 0.5) is 4.39 Å². The van der Waals surface area contributed by atoms with Crippen LogP contribution in [0.15, 0.2) is 27.1 Å². The van der Waals surface area contributed by atoms with Gasteiger partial charge in [-0.2, -0.15) is 5.10 Å². The Bertz CT molecular complexity index is 625. The first-order valence-corrected chi connectivity index (χ1v) is 7.95. The number of hydrogen-bond acceptors (Lipinski definition) is 2. The number of nitrogens with zero attached hydrogens (tertiary/aromatic N) is 2. The first-order valence-electron chi connectivity index (χ1n) is 6.36. The van der Waals surface area contributed by atoms with E-state index in [9.17, 15) is 4.39 Å². The van der Waals surface area contributed by atoms with Crippen LogP contribution in [0.2, 0.25) is 0 Å². The van der Waals surface area contributed by atoms with Crippen molar-refractivity contribution in [1.82, 2.24) is 9.78 Å². The Labute approximate surface area is 134 Å². The third-order valence-corrected chi connectivity index (χ3v) is 4.75. The lowest BCUT2D eigenvalue weighted by atomic mass is 10.0. The van der Waals surface area contributed by atoms with Crippen molar-refractivity contribution in [1.29, 1.82) is 0 Å². The van der Waals surface area contributed by atoms with Crippen LogP contribution < -0.4 is 5.73 Å². The maximum atomic E-state index is 13.9. The molecule has 1 heterocycles.